The first-order chi connectivity index (χ1) is 13.5. The second-order valence-electron chi connectivity index (χ2n) is 6.15. The first kappa shape index (κ1) is 20.0. The van der Waals surface area contributed by atoms with E-state index in [4.69, 9.17) is 16.3 Å². The average molecular weight is 414 g/mol. The number of amides is 1. The Hall–Kier alpha value is -2.70. The number of halogens is 1. The molecule has 2 aromatic heterocycles. The van der Waals surface area contributed by atoms with Gasteiger partial charge in [-0.2, -0.15) is 0 Å². The second kappa shape index (κ2) is 9.48. The monoisotopic (exact) mass is 413 g/mol. The van der Waals surface area contributed by atoms with Crippen LogP contribution in [0.25, 0.3) is 6.08 Å². The molecule has 0 unspecified atom stereocenters. The maximum absolute atomic E-state index is 12.3. The second-order valence-corrected chi connectivity index (χ2v) is 7.65. The van der Waals surface area contributed by atoms with Gasteiger partial charge in [0.05, 0.1) is 27.5 Å². The molecule has 144 valence electrons. The van der Waals surface area contributed by atoms with Crippen LogP contribution >= 0.6 is 22.9 Å². The maximum Gasteiger partial charge on any atom is 0.244 e. The molecular formula is C21H20ClN3O2S. The lowest BCUT2D eigenvalue weighted by molar-refractivity contribution is -0.117. The lowest BCUT2D eigenvalue weighted by Gasteiger charge is -2.12. The van der Waals surface area contributed by atoms with E-state index in [1.165, 1.54) is 6.08 Å². The zero-order chi connectivity index (χ0) is 19.9. The zero-order valence-electron chi connectivity index (χ0n) is 15.6. The smallest absolute Gasteiger partial charge is 0.244 e. The van der Waals surface area contributed by atoms with Crippen molar-refractivity contribution in [2.24, 2.45) is 0 Å². The first-order valence-corrected chi connectivity index (χ1v) is 10.00. The Bertz CT molecular complexity index is 970. The van der Waals surface area contributed by atoms with Gasteiger partial charge in [0.2, 0.25) is 5.91 Å². The molecular weight excluding hydrogens is 394 g/mol. The summed E-state index contributed by atoms with van der Waals surface area (Å²) >= 11 is 7.44. The number of nitrogens with one attached hydrogen (secondary N) is 1. The number of thiazole rings is 1. The van der Waals surface area contributed by atoms with Crippen molar-refractivity contribution >= 4 is 34.9 Å². The molecule has 0 aliphatic carbocycles. The Kier molecular flexibility index (Phi) is 6.79. The predicted molar refractivity (Wildman–Crippen MR) is 112 cm³/mol. The van der Waals surface area contributed by atoms with Crippen molar-refractivity contribution in [3.05, 3.63) is 81.0 Å². The van der Waals surface area contributed by atoms with Gasteiger partial charge >= 0.3 is 0 Å². The summed E-state index contributed by atoms with van der Waals surface area (Å²) in [6, 6.07) is 10.9. The highest BCUT2D eigenvalue weighted by Gasteiger charge is 2.09. The lowest BCUT2D eigenvalue weighted by atomic mass is 10.1. The number of hydrogen-bond donors (Lipinski definition) is 1. The molecule has 0 spiro atoms. The number of benzene rings is 1. The van der Waals surface area contributed by atoms with Crippen LogP contribution < -0.4 is 10.1 Å². The third-order valence-corrected chi connectivity index (χ3v) is 4.97. The van der Waals surface area contributed by atoms with Crippen molar-refractivity contribution in [3.8, 4) is 5.75 Å². The normalized spacial score (nSPS) is 12.1. The van der Waals surface area contributed by atoms with Crippen molar-refractivity contribution in [1.29, 1.82) is 0 Å². The molecule has 0 radical (unpaired) electrons. The lowest BCUT2D eigenvalue weighted by Crippen LogP contribution is -2.25. The summed E-state index contributed by atoms with van der Waals surface area (Å²) in [5, 5.41) is 6.43. The summed E-state index contributed by atoms with van der Waals surface area (Å²) in [6.45, 7) is 4.22. The molecule has 1 aromatic carbocycles. The molecule has 7 heteroatoms. The number of ether oxygens (including phenoxy) is 1. The predicted octanol–water partition coefficient (Wildman–Crippen LogP) is 4.97. The van der Waals surface area contributed by atoms with Gasteiger partial charge in [-0.25, -0.2) is 4.98 Å². The molecule has 0 aliphatic rings. The number of para-hydroxylation sites is 1. The van der Waals surface area contributed by atoms with Crippen LogP contribution in [0.3, 0.4) is 0 Å². The highest BCUT2D eigenvalue weighted by molar-refractivity contribution is 7.09. The summed E-state index contributed by atoms with van der Waals surface area (Å²) < 4.78 is 5.87. The summed E-state index contributed by atoms with van der Waals surface area (Å²) in [5.41, 5.74) is 2.46. The van der Waals surface area contributed by atoms with Crippen molar-refractivity contribution in [2.45, 2.75) is 26.5 Å². The van der Waals surface area contributed by atoms with Gasteiger partial charge < -0.3 is 10.1 Å². The Morgan fingerprint density at radius 1 is 1.32 bits per heavy atom. The van der Waals surface area contributed by atoms with Crippen molar-refractivity contribution in [3.63, 3.8) is 0 Å². The fourth-order valence-corrected chi connectivity index (χ4v) is 3.23. The largest absolute Gasteiger partial charge is 0.487 e. The maximum atomic E-state index is 12.3. The van der Waals surface area contributed by atoms with Gasteiger partial charge in [-0.1, -0.05) is 29.8 Å². The van der Waals surface area contributed by atoms with Gasteiger partial charge in [0.15, 0.2) is 0 Å². The van der Waals surface area contributed by atoms with E-state index in [2.05, 4.69) is 15.3 Å². The highest BCUT2D eigenvalue weighted by Crippen LogP contribution is 2.21. The fraction of sp³-hybridized carbons (Fsp3) is 0.190. The summed E-state index contributed by atoms with van der Waals surface area (Å²) in [7, 11) is 0. The van der Waals surface area contributed by atoms with E-state index in [9.17, 15) is 4.79 Å². The number of nitrogens with zero attached hydrogens (tertiary/aromatic N) is 2. The third kappa shape index (κ3) is 5.65. The summed E-state index contributed by atoms with van der Waals surface area (Å²) in [4.78, 5) is 20.9. The number of pyridine rings is 1. The van der Waals surface area contributed by atoms with Crippen molar-refractivity contribution < 1.29 is 9.53 Å². The van der Waals surface area contributed by atoms with Crippen LogP contribution in [0.2, 0.25) is 5.02 Å². The van der Waals surface area contributed by atoms with Crippen LogP contribution in [-0.4, -0.2) is 15.9 Å². The van der Waals surface area contributed by atoms with Gasteiger partial charge in [0.1, 0.15) is 12.4 Å². The minimum absolute atomic E-state index is 0.214. The Morgan fingerprint density at radius 3 is 2.86 bits per heavy atom. The van der Waals surface area contributed by atoms with Gasteiger partial charge in [-0.05, 0) is 38.1 Å². The number of aryl methyl sites for hydroxylation is 1. The molecule has 0 saturated carbocycles. The molecule has 1 N–H and O–H groups in total. The Labute approximate surface area is 173 Å². The van der Waals surface area contributed by atoms with E-state index in [0.717, 1.165) is 22.0 Å². The number of hydrogen-bond acceptors (Lipinski definition) is 5. The SMILES string of the molecule is Cc1nc(COc2ccccc2C=CC(=O)N[C@H](C)c2ccc(Cl)cn2)cs1. The number of carbonyl (C=O) groups excluding carboxylic acids is 1. The van der Waals surface area contributed by atoms with Crippen LogP contribution in [0.1, 0.15) is 34.9 Å². The van der Waals surface area contributed by atoms with E-state index >= 15 is 0 Å². The van der Waals surface area contributed by atoms with Crippen LogP contribution in [-0.2, 0) is 11.4 Å². The minimum Gasteiger partial charge on any atom is -0.487 e. The summed E-state index contributed by atoms with van der Waals surface area (Å²) in [6.07, 6.45) is 4.79. The fourth-order valence-electron chi connectivity index (χ4n) is 2.52. The van der Waals surface area contributed by atoms with Gasteiger partial charge in [-0.15, -0.1) is 11.3 Å². The molecule has 0 fully saturated rings. The van der Waals surface area contributed by atoms with E-state index < -0.39 is 0 Å². The molecule has 0 aliphatic heterocycles. The standard InChI is InChI=1S/C21H20ClN3O2S/c1-14(19-9-8-17(22)11-23-19)24-21(26)10-7-16-5-3-4-6-20(16)27-12-18-13-28-15(2)25-18/h3-11,13-14H,12H2,1-2H3,(H,24,26)/t14-/m1/s1. The quantitative estimate of drug-likeness (QED) is 0.555. The number of carbonyl (C=O) groups is 1. The molecule has 28 heavy (non-hydrogen) atoms. The van der Waals surface area contributed by atoms with Gasteiger partial charge in [0.25, 0.3) is 0 Å². The average Bonchev–Trinajstić information content (AvgIpc) is 3.11. The molecule has 1 atom stereocenters. The number of rotatable bonds is 7. The third-order valence-electron chi connectivity index (χ3n) is 3.93. The number of aromatic nitrogens is 2. The van der Waals surface area contributed by atoms with E-state index in [0.29, 0.717) is 17.4 Å². The molecule has 3 aromatic rings. The van der Waals surface area contributed by atoms with Crippen LogP contribution in [0, 0.1) is 6.92 Å². The van der Waals surface area contributed by atoms with Crippen molar-refractivity contribution in [2.75, 3.05) is 0 Å². The highest BCUT2D eigenvalue weighted by atomic mass is 35.5. The molecule has 0 bridgehead atoms. The van der Waals surface area contributed by atoms with Crippen LogP contribution in [0.4, 0.5) is 0 Å². The first-order valence-electron chi connectivity index (χ1n) is 8.74. The van der Waals surface area contributed by atoms with Crippen molar-refractivity contribution in [1.82, 2.24) is 15.3 Å². The van der Waals surface area contributed by atoms with Gasteiger partial charge in [0, 0.05) is 23.2 Å². The molecule has 1 amide bonds. The van der Waals surface area contributed by atoms with Crippen LogP contribution in [0.5, 0.6) is 5.75 Å². The Morgan fingerprint density at radius 2 is 2.14 bits per heavy atom. The van der Waals surface area contributed by atoms with E-state index in [1.807, 2.05) is 43.5 Å². The van der Waals surface area contributed by atoms with Gasteiger partial charge in [-0.3, -0.25) is 9.78 Å². The molecule has 5 nitrogen and oxygen atoms in total. The minimum atomic E-state index is -0.228. The van der Waals surface area contributed by atoms with E-state index in [-0.39, 0.29) is 11.9 Å². The van der Waals surface area contributed by atoms with Crippen LogP contribution in [0.15, 0.2) is 54.1 Å². The molecule has 3 rings (SSSR count). The summed E-state index contributed by atoms with van der Waals surface area (Å²) in [5.74, 6) is 0.485. The topological polar surface area (TPSA) is 64.1 Å². The Balaban J connectivity index is 1.61. The van der Waals surface area contributed by atoms with E-state index in [1.54, 1.807) is 35.7 Å². The molecule has 2 heterocycles. The molecule has 0 saturated heterocycles. The zero-order valence-corrected chi connectivity index (χ0v) is 17.1.